The average molecular weight is 790 g/mol. The van der Waals surface area contributed by atoms with E-state index in [4.69, 9.17) is 16.3 Å². The normalized spacial score (nSPS) is 24.6. The van der Waals surface area contributed by atoms with Gasteiger partial charge in [0.05, 0.1) is 4.90 Å². The molecule has 2 aliphatic carbocycles. The van der Waals surface area contributed by atoms with E-state index >= 15 is 0 Å². The highest BCUT2D eigenvalue weighted by Gasteiger charge is 2.61. The number of likely N-dealkylation sites (tertiary alicyclic amines) is 1. The second-order valence-corrected chi connectivity index (χ2v) is 18.5. The van der Waals surface area contributed by atoms with Crippen molar-refractivity contribution < 1.29 is 32.3 Å². The number of amides is 4. The number of hydrogen-bond acceptors (Lipinski definition) is 8. The predicted molar refractivity (Wildman–Crippen MR) is 208 cm³/mol. The van der Waals surface area contributed by atoms with Gasteiger partial charge < -0.3 is 20.3 Å². The Morgan fingerprint density at radius 2 is 1.62 bits per heavy atom. The fourth-order valence-corrected chi connectivity index (χ4v) is 9.60. The van der Waals surface area contributed by atoms with Crippen molar-refractivity contribution in [2.24, 2.45) is 11.3 Å². The Morgan fingerprint density at radius 1 is 0.982 bits per heavy atom. The fraction of sp³-hybridized carbons (Fsp3) is 0.463. The van der Waals surface area contributed by atoms with Gasteiger partial charge in [0.25, 0.3) is 15.9 Å². The Bertz CT molecular complexity index is 2090. The molecule has 2 saturated carbocycles. The van der Waals surface area contributed by atoms with Crippen molar-refractivity contribution in [3.63, 3.8) is 0 Å². The quantitative estimate of drug-likeness (QED) is 0.230. The third-order valence-corrected chi connectivity index (χ3v) is 13.2. The number of alkyl carbamates (subject to hydrolysis) is 1. The maximum absolute atomic E-state index is 14.7. The highest BCUT2D eigenvalue weighted by Crippen LogP contribution is 2.45. The summed E-state index contributed by atoms with van der Waals surface area (Å²) >= 11 is 5.95. The van der Waals surface area contributed by atoms with Gasteiger partial charge in [0, 0.05) is 36.6 Å². The third kappa shape index (κ3) is 7.84. The van der Waals surface area contributed by atoms with Gasteiger partial charge >= 0.3 is 6.09 Å². The lowest BCUT2D eigenvalue weighted by atomic mass is 9.85. The summed E-state index contributed by atoms with van der Waals surface area (Å²) in [5.41, 5.74) is -0.0549. The van der Waals surface area contributed by atoms with E-state index < -0.39 is 62.8 Å². The highest BCUT2D eigenvalue weighted by atomic mass is 35.5. The van der Waals surface area contributed by atoms with Crippen LogP contribution in [0.4, 0.5) is 4.79 Å². The summed E-state index contributed by atoms with van der Waals surface area (Å²) in [4.78, 5) is 59.9. The van der Waals surface area contributed by atoms with Crippen LogP contribution in [0.5, 0.6) is 0 Å². The lowest BCUT2D eigenvalue weighted by Crippen LogP contribution is -2.60. The SMILES string of the molecule is C=C[C@@H]1C[C@]1(NC(=O)[C@@H]1C[C@@H](N2Cc3cccc4cccc(c34)C2)CN1C(=O)[C@@H](NC(=O)OC1CCCC1)C(C)(C)C)C(=O)NS(=O)(=O)c1ccc(Cl)cc1. The zero-order chi connectivity index (χ0) is 39.3. The van der Waals surface area contributed by atoms with Gasteiger partial charge in [-0.2, -0.15) is 0 Å². The summed E-state index contributed by atoms with van der Waals surface area (Å²) in [5.74, 6) is -2.50. The molecule has 0 spiro atoms. The van der Waals surface area contributed by atoms with Crippen LogP contribution < -0.4 is 15.4 Å². The summed E-state index contributed by atoms with van der Waals surface area (Å²) in [5, 5.41) is 8.40. The Kier molecular flexibility index (Phi) is 10.5. The minimum absolute atomic E-state index is 0.125. The maximum atomic E-state index is 14.7. The first-order valence-electron chi connectivity index (χ1n) is 18.9. The number of rotatable bonds is 10. The van der Waals surface area contributed by atoms with Gasteiger partial charge in [-0.05, 0) is 90.1 Å². The average Bonchev–Trinajstić information content (AvgIpc) is 3.41. The Labute approximate surface area is 327 Å². The van der Waals surface area contributed by atoms with Crippen molar-refractivity contribution >= 4 is 56.2 Å². The second-order valence-electron chi connectivity index (χ2n) is 16.4. The van der Waals surface area contributed by atoms with E-state index in [0.29, 0.717) is 18.1 Å². The standard InChI is InChI=1S/C41H48ClN5O7S/c1-5-28-21-41(28,38(50)45-55(52,53)32-18-16-29(42)17-19-32)44-36(48)33-20-30(46-22-26-12-8-10-25-11-9-13-27(23-46)34(25)26)24-47(33)37(49)35(40(2,3)4)43-39(51)54-31-14-6-7-15-31/h5,8-13,16-19,28,30-31,33,35H,1,6-7,14-15,20-24H2,2-4H3,(H,43,51)(H,44,48)(H,45,50)/t28-,30-,33+,35-,41-/m1/s1. The molecular formula is C41H48ClN5O7S. The number of nitrogens with zero attached hydrogens (tertiary/aromatic N) is 2. The molecule has 3 fully saturated rings. The van der Waals surface area contributed by atoms with E-state index in [2.05, 4.69) is 51.1 Å². The third-order valence-electron chi connectivity index (χ3n) is 11.6. The van der Waals surface area contributed by atoms with Crippen LogP contribution in [-0.4, -0.2) is 78.3 Å². The van der Waals surface area contributed by atoms with E-state index in [9.17, 15) is 27.6 Å². The van der Waals surface area contributed by atoms with Crippen molar-refractivity contribution in [3.05, 3.63) is 89.5 Å². The number of carbonyl (C=O) groups is 4. The molecule has 55 heavy (non-hydrogen) atoms. The van der Waals surface area contributed by atoms with Gasteiger partial charge in [-0.1, -0.05) is 74.8 Å². The number of halogens is 1. The molecule has 0 bridgehead atoms. The summed E-state index contributed by atoms with van der Waals surface area (Å²) in [6.45, 7) is 10.8. The second kappa shape index (κ2) is 14.9. The molecule has 292 valence electrons. The summed E-state index contributed by atoms with van der Waals surface area (Å²) < 4.78 is 34.3. The van der Waals surface area contributed by atoms with Crippen molar-refractivity contribution in [1.82, 2.24) is 25.2 Å². The molecule has 7 rings (SSSR count). The van der Waals surface area contributed by atoms with E-state index in [1.54, 1.807) is 0 Å². The first-order valence-corrected chi connectivity index (χ1v) is 20.7. The lowest BCUT2D eigenvalue weighted by Gasteiger charge is -2.36. The van der Waals surface area contributed by atoms with Gasteiger partial charge in [-0.3, -0.25) is 19.3 Å². The van der Waals surface area contributed by atoms with Crippen LogP contribution >= 0.6 is 11.6 Å². The largest absolute Gasteiger partial charge is 0.446 e. The summed E-state index contributed by atoms with van der Waals surface area (Å²) in [7, 11) is -4.31. The van der Waals surface area contributed by atoms with Crippen LogP contribution in [0, 0.1) is 11.3 Å². The van der Waals surface area contributed by atoms with Gasteiger partial charge in [0.2, 0.25) is 11.8 Å². The smallest absolute Gasteiger partial charge is 0.408 e. The molecule has 2 aliphatic heterocycles. The minimum Gasteiger partial charge on any atom is -0.446 e. The minimum atomic E-state index is -4.31. The van der Waals surface area contributed by atoms with Crippen LogP contribution in [0.15, 0.2) is 78.2 Å². The summed E-state index contributed by atoms with van der Waals surface area (Å²) in [6.07, 6.45) is 4.48. The van der Waals surface area contributed by atoms with E-state index in [1.165, 1.54) is 40.6 Å². The van der Waals surface area contributed by atoms with Gasteiger partial charge in [0.1, 0.15) is 23.7 Å². The Hall–Kier alpha value is -4.46. The van der Waals surface area contributed by atoms with E-state index in [0.717, 1.165) is 42.2 Å². The number of hydrogen-bond donors (Lipinski definition) is 3. The van der Waals surface area contributed by atoms with Gasteiger partial charge in [-0.15, -0.1) is 6.58 Å². The fourth-order valence-electron chi connectivity index (χ4n) is 8.43. The van der Waals surface area contributed by atoms with Gasteiger partial charge in [-0.25, -0.2) is 17.9 Å². The molecule has 0 aromatic heterocycles. The number of sulfonamides is 1. The van der Waals surface area contributed by atoms with Crippen molar-refractivity contribution in [3.8, 4) is 0 Å². The van der Waals surface area contributed by atoms with Crippen LogP contribution in [0.2, 0.25) is 5.02 Å². The molecule has 3 N–H and O–H groups in total. The van der Waals surface area contributed by atoms with Crippen LogP contribution in [-0.2, 0) is 42.2 Å². The molecule has 4 amide bonds. The molecule has 3 aromatic rings. The molecule has 4 aliphatic rings. The Morgan fingerprint density at radius 3 is 2.20 bits per heavy atom. The Balaban J connectivity index is 1.16. The zero-order valence-electron chi connectivity index (χ0n) is 31.3. The first kappa shape index (κ1) is 38.8. The molecule has 5 atom stereocenters. The first-order chi connectivity index (χ1) is 26.1. The molecule has 2 heterocycles. The van der Waals surface area contributed by atoms with Crippen LogP contribution in [0.1, 0.15) is 70.4 Å². The molecule has 1 saturated heterocycles. The maximum Gasteiger partial charge on any atom is 0.408 e. The molecule has 0 unspecified atom stereocenters. The number of carbonyl (C=O) groups excluding carboxylic acids is 4. The number of benzene rings is 3. The molecule has 0 radical (unpaired) electrons. The van der Waals surface area contributed by atoms with Crippen LogP contribution in [0.25, 0.3) is 10.8 Å². The zero-order valence-corrected chi connectivity index (χ0v) is 32.9. The van der Waals surface area contributed by atoms with E-state index in [1.807, 2.05) is 32.9 Å². The van der Waals surface area contributed by atoms with Crippen molar-refractivity contribution in [2.75, 3.05) is 6.54 Å². The van der Waals surface area contributed by atoms with E-state index in [-0.39, 0.29) is 36.4 Å². The molecule has 3 aromatic carbocycles. The number of nitrogens with one attached hydrogen (secondary N) is 3. The van der Waals surface area contributed by atoms with Crippen molar-refractivity contribution in [1.29, 1.82) is 0 Å². The van der Waals surface area contributed by atoms with Crippen molar-refractivity contribution in [2.45, 2.75) is 107 Å². The van der Waals surface area contributed by atoms with Crippen LogP contribution in [0.3, 0.4) is 0 Å². The summed E-state index contributed by atoms with van der Waals surface area (Å²) in [6, 6.07) is 15.5. The highest BCUT2D eigenvalue weighted by molar-refractivity contribution is 7.90. The molecule has 14 heteroatoms. The topological polar surface area (TPSA) is 154 Å². The molecular weight excluding hydrogens is 742 g/mol. The number of ether oxygens (including phenoxy) is 1. The van der Waals surface area contributed by atoms with Gasteiger partial charge in [0.15, 0.2) is 0 Å². The molecule has 12 nitrogen and oxygen atoms in total. The predicted octanol–water partition coefficient (Wildman–Crippen LogP) is 5.43. The lowest BCUT2D eigenvalue weighted by molar-refractivity contribution is -0.142. The monoisotopic (exact) mass is 789 g/mol.